The number of aromatic nitrogens is 2. The summed E-state index contributed by atoms with van der Waals surface area (Å²) in [4.78, 5) is 12.6. The molecule has 0 fully saturated rings. The topological polar surface area (TPSA) is 44.1 Å². The van der Waals surface area contributed by atoms with Crippen LogP contribution < -0.4 is 0 Å². The number of carbonyl (C=O) groups is 1. The van der Waals surface area contributed by atoms with Crippen LogP contribution in [0.4, 0.5) is 0 Å². The lowest BCUT2D eigenvalue weighted by molar-refractivity contribution is 0.0444. The van der Waals surface area contributed by atoms with Gasteiger partial charge in [0, 0.05) is 13.7 Å². The second-order valence-electron chi connectivity index (χ2n) is 4.08. The highest BCUT2D eigenvalue weighted by Crippen LogP contribution is 2.25. The summed E-state index contributed by atoms with van der Waals surface area (Å²) in [5.41, 5.74) is 1.18. The van der Waals surface area contributed by atoms with Gasteiger partial charge in [0.05, 0.1) is 11.2 Å². The van der Waals surface area contributed by atoms with Gasteiger partial charge in [0.2, 0.25) is 5.78 Å². The quantitative estimate of drug-likeness (QED) is 0.790. The maximum absolute atomic E-state index is 12.6. The molecule has 0 saturated carbocycles. The maximum Gasteiger partial charge on any atom is 0.215 e. The monoisotopic (exact) mass is 278 g/mol. The van der Waals surface area contributed by atoms with Crippen molar-refractivity contribution in [3.05, 3.63) is 52.8 Å². The molecule has 2 aromatic rings. The molecule has 0 spiro atoms. The number of benzene rings is 1. The van der Waals surface area contributed by atoms with Crippen LogP contribution in [-0.4, -0.2) is 22.2 Å². The first-order valence-electron chi connectivity index (χ1n) is 6.03. The van der Waals surface area contributed by atoms with E-state index in [-0.39, 0.29) is 5.78 Å². The largest absolute Gasteiger partial charge is 0.366 e. The second kappa shape index (κ2) is 5.99. The van der Waals surface area contributed by atoms with Gasteiger partial charge in [-0.1, -0.05) is 41.9 Å². The standard InChI is InChI=1S/C14H15ClN2O2/c1-3-19-14(10-7-5-4-6-8-10)13(18)12-11(15)9-16-17(12)2/h4-9,14H,3H2,1-2H3. The molecule has 100 valence electrons. The fourth-order valence-corrected chi connectivity index (χ4v) is 2.19. The summed E-state index contributed by atoms with van der Waals surface area (Å²) in [7, 11) is 1.69. The fraction of sp³-hybridized carbons (Fsp3) is 0.286. The number of hydrogen-bond donors (Lipinski definition) is 0. The Labute approximate surface area is 116 Å². The van der Waals surface area contributed by atoms with Gasteiger partial charge in [-0.2, -0.15) is 5.10 Å². The first-order chi connectivity index (χ1) is 9.15. The van der Waals surface area contributed by atoms with Crippen molar-refractivity contribution in [2.75, 3.05) is 6.61 Å². The van der Waals surface area contributed by atoms with Gasteiger partial charge in [0.1, 0.15) is 11.8 Å². The van der Waals surface area contributed by atoms with Crippen LogP contribution in [-0.2, 0) is 11.8 Å². The summed E-state index contributed by atoms with van der Waals surface area (Å²) in [6.45, 7) is 2.30. The van der Waals surface area contributed by atoms with E-state index in [1.165, 1.54) is 10.9 Å². The Bertz CT molecular complexity index is 547. The van der Waals surface area contributed by atoms with E-state index in [9.17, 15) is 4.79 Å². The Balaban J connectivity index is 2.38. The number of carbonyl (C=O) groups excluding carboxylic acids is 1. The van der Waals surface area contributed by atoms with Crippen molar-refractivity contribution >= 4 is 17.4 Å². The Morgan fingerprint density at radius 1 is 1.42 bits per heavy atom. The molecular formula is C14H15ClN2O2. The zero-order valence-electron chi connectivity index (χ0n) is 10.8. The summed E-state index contributed by atoms with van der Waals surface area (Å²) in [5.74, 6) is -0.182. The van der Waals surface area contributed by atoms with Crippen molar-refractivity contribution < 1.29 is 9.53 Å². The molecule has 0 N–H and O–H groups in total. The SMILES string of the molecule is CCOC(C(=O)c1c(Cl)cnn1C)c1ccccc1. The number of ether oxygens (including phenoxy) is 1. The summed E-state index contributed by atoms with van der Waals surface area (Å²) >= 11 is 6.01. The van der Waals surface area contributed by atoms with Crippen molar-refractivity contribution in [3.63, 3.8) is 0 Å². The number of nitrogens with zero attached hydrogens (tertiary/aromatic N) is 2. The summed E-state index contributed by atoms with van der Waals surface area (Å²) in [6.07, 6.45) is 0.807. The Morgan fingerprint density at radius 3 is 2.63 bits per heavy atom. The minimum absolute atomic E-state index is 0.182. The van der Waals surface area contributed by atoms with Gasteiger partial charge < -0.3 is 4.74 Å². The van der Waals surface area contributed by atoms with E-state index in [1.54, 1.807) is 7.05 Å². The minimum Gasteiger partial charge on any atom is -0.366 e. The molecule has 5 heteroatoms. The Morgan fingerprint density at radius 2 is 2.11 bits per heavy atom. The molecule has 1 unspecified atom stereocenters. The predicted octanol–water partition coefficient (Wildman–Crippen LogP) is 3.03. The molecule has 1 aromatic carbocycles. The molecule has 0 radical (unpaired) electrons. The molecule has 4 nitrogen and oxygen atoms in total. The third-order valence-electron chi connectivity index (χ3n) is 2.80. The third-order valence-corrected chi connectivity index (χ3v) is 3.08. The number of aryl methyl sites for hydroxylation is 1. The van der Waals surface area contributed by atoms with Crippen LogP contribution in [0.15, 0.2) is 36.5 Å². The van der Waals surface area contributed by atoms with Gasteiger partial charge in [0.15, 0.2) is 0 Å². The lowest BCUT2D eigenvalue weighted by atomic mass is 10.0. The molecule has 1 heterocycles. The lowest BCUT2D eigenvalue weighted by Gasteiger charge is -2.16. The van der Waals surface area contributed by atoms with Crippen LogP contribution in [0.3, 0.4) is 0 Å². The molecule has 2 rings (SSSR count). The van der Waals surface area contributed by atoms with Crippen LogP contribution >= 0.6 is 11.6 Å². The van der Waals surface area contributed by atoms with E-state index >= 15 is 0 Å². The van der Waals surface area contributed by atoms with E-state index < -0.39 is 6.10 Å². The summed E-state index contributed by atoms with van der Waals surface area (Å²) in [6, 6.07) is 9.37. The van der Waals surface area contributed by atoms with Crippen LogP contribution in [0.25, 0.3) is 0 Å². The van der Waals surface area contributed by atoms with Crippen LogP contribution in [0.2, 0.25) is 5.02 Å². The van der Waals surface area contributed by atoms with E-state index in [2.05, 4.69) is 5.10 Å². The van der Waals surface area contributed by atoms with Crippen molar-refractivity contribution in [3.8, 4) is 0 Å². The zero-order chi connectivity index (χ0) is 13.8. The van der Waals surface area contributed by atoms with Gasteiger partial charge in [-0.15, -0.1) is 0 Å². The predicted molar refractivity (Wildman–Crippen MR) is 73.4 cm³/mol. The fourth-order valence-electron chi connectivity index (χ4n) is 1.93. The smallest absolute Gasteiger partial charge is 0.215 e. The third kappa shape index (κ3) is 2.85. The van der Waals surface area contributed by atoms with Gasteiger partial charge in [-0.3, -0.25) is 9.48 Å². The van der Waals surface area contributed by atoms with Gasteiger partial charge in [-0.05, 0) is 12.5 Å². The molecular weight excluding hydrogens is 264 g/mol. The molecule has 1 atom stereocenters. The molecule has 0 aliphatic heterocycles. The number of Topliss-reactive ketones (excluding diaryl/α,β-unsaturated/α-hetero) is 1. The van der Waals surface area contributed by atoms with Crippen LogP contribution in [0.1, 0.15) is 29.1 Å². The van der Waals surface area contributed by atoms with Gasteiger partial charge in [0.25, 0.3) is 0 Å². The highest BCUT2D eigenvalue weighted by Gasteiger charge is 2.26. The normalized spacial score (nSPS) is 12.4. The average molecular weight is 279 g/mol. The maximum atomic E-state index is 12.6. The van der Waals surface area contributed by atoms with Gasteiger partial charge >= 0.3 is 0 Å². The van der Waals surface area contributed by atoms with E-state index in [1.807, 2.05) is 37.3 Å². The molecule has 1 aromatic heterocycles. The Hall–Kier alpha value is -1.65. The highest BCUT2D eigenvalue weighted by molar-refractivity contribution is 6.33. The van der Waals surface area contributed by atoms with Crippen LogP contribution in [0.5, 0.6) is 0 Å². The molecule has 0 bridgehead atoms. The van der Waals surface area contributed by atoms with E-state index in [4.69, 9.17) is 16.3 Å². The lowest BCUT2D eigenvalue weighted by Crippen LogP contribution is -2.19. The average Bonchev–Trinajstić information content (AvgIpc) is 2.76. The van der Waals surface area contributed by atoms with Gasteiger partial charge in [-0.25, -0.2) is 0 Å². The van der Waals surface area contributed by atoms with E-state index in [0.717, 1.165) is 5.56 Å². The molecule has 19 heavy (non-hydrogen) atoms. The van der Waals surface area contributed by atoms with Crippen LogP contribution in [0, 0.1) is 0 Å². The number of halogens is 1. The first-order valence-corrected chi connectivity index (χ1v) is 6.41. The molecule has 0 aliphatic carbocycles. The van der Waals surface area contributed by atoms with Crippen molar-refractivity contribution in [2.45, 2.75) is 13.0 Å². The van der Waals surface area contributed by atoms with E-state index in [0.29, 0.717) is 17.3 Å². The summed E-state index contributed by atoms with van der Waals surface area (Å²) in [5, 5.41) is 4.32. The van der Waals surface area contributed by atoms with Crippen molar-refractivity contribution in [1.82, 2.24) is 9.78 Å². The number of hydrogen-bond acceptors (Lipinski definition) is 3. The van der Waals surface area contributed by atoms with Crippen molar-refractivity contribution in [2.24, 2.45) is 7.05 Å². The highest BCUT2D eigenvalue weighted by atomic mass is 35.5. The first kappa shape index (κ1) is 13.8. The van der Waals surface area contributed by atoms with Crippen molar-refractivity contribution in [1.29, 1.82) is 0 Å². The zero-order valence-corrected chi connectivity index (χ0v) is 11.6. The molecule has 0 amide bonds. The second-order valence-corrected chi connectivity index (χ2v) is 4.48. The number of rotatable bonds is 5. The molecule has 0 aliphatic rings. The number of ketones is 1. The minimum atomic E-state index is -0.654. The Kier molecular flexibility index (Phi) is 4.35. The molecule has 0 saturated heterocycles. The summed E-state index contributed by atoms with van der Waals surface area (Å²) < 4.78 is 7.05.